The lowest BCUT2D eigenvalue weighted by molar-refractivity contribution is -0.142. The molecule has 2 aromatic rings. The van der Waals surface area contributed by atoms with E-state index in [1.165, 1.54) is 6.42 Å². The van der Waals surface area contributed by atoms with Gasteiger partial charge in [-0.05, 0) is 49.9 Å². The highest BCUT2D eigenvalue weighted by Gasteiger charge is 2.28. The van der Waals surface area contributed by atoms with Crippen molar-refractivity contribution in [2.45, 2.75) is 97.2 Å². The van der Waals surface area contributed by atoms with E-state index in [-0.39, 0.29) is 24.4 Å². The van der Waals surface area contributed by atoms with Gasteiger partial charge in [-0.1, -0.05) is 75.2 Å². The molecule has 6 heteroatoms. The fraction of sp³-hybridized carbons (Fsp3) is 0.586. The third-order valence-electron chi connectivity index (χ3n) is 7.19. The first-order chi connectivity index (χ1) is 17.0. The Labute approximate surface area is 216 Å². The summed E-state index contributed by atoms with van der Waals surface area (Å²) in [6, 6.07) is 12.3. The maximum Gasteiger partial charge on any atom is 0.242 e. The van der Waals surface area contributed by atoms with Crippen molar-refractivity contribution in [2.75, 3.05) is 13.1 Å². The summed E-state index contributed by atoms with van der Waals surface area (Å²) in [5, 5.41) is 0.753. The normalized spacial score (nSPS) is 14.1. The van der Waals surface area contributed by atoms with Crippen molar-refractivity contribution in [3.63, 3.8) is 0 Å². The van der Waals surface area contributed by atoms with Crippen molar-refractivity contribution < 1.29 is 9.59 Å². The van der Waals surface area contributed by atoms with E-state index < -0.39 is 0 Å². The molecular weight excluding hydrogens is 458 g/mol. The van der Waals surface area contributed by atoms with Crippen molar-refractivity contribution in [3.8, 4) is 0 Å². The lowest BCUT2D eigenvalue weighted by Crippen LogP contribution is -2.47. The molecule has 1 aromatic heterocycles. The molecule has 1 heterocycles. The van der Waals surface area contributed by atoms with Crippen LogP contribution in [0.5, 0.6) is 0 Å². The number of likely N-dealkylation sites (N-methyl/N-ethyl adjacent to an activating group) is 1. The van der Waals surface area contributed by atoms with E-state index in [0.29, 0.717) is 26.1 Å². The number of benzene rings is 1. The van der Waals surface area contributed by atoms with Gasteiger partial charge in [0.05, 0.1) is 13.1 Å². The third-order valence-corrected chi connectivity index (χ3v) is 7.56. The summed E-state index contributed by atoms with van der Waals surface area (Å²) in [4.78, 5) is 30.2. The van der Waals surface area contributed by atoms with Crippen molar-refractivity contribution in [3.05, 3.63) is 58.9 Å². The summed E-state index contributed by atoms with van der Waals surface area (Å²) in [5.41, 5.74) is 2.16. The Kier molecular flexibility index (Phi) is 11.2. The van der Waals surface area contributed by atoms with Crippen LogP contribution in [0.4, 0.5) is 0 Å². The smallest absolute Gasteiger partial charge is 0.242 e. The number of carbonyl (C=O) groups is 2. The second kappa shape index (κ2) is 14.3. The fourth-order valence-corrected chi connectivity index (χ4v) is 5.23. The largest absolute Gasteiger partial charge is 0.345 e. The van der Waals surface area contributed by atoms with E-state index in [1.54, 1.807) is 4.90 Å². The molecule has 0 aliphatic heterocycles. The van der Waals surface area contributed by atoms with E-state index in [0.717, 1.165) is 67.6 Å². The van der Waals surface area contributed by atoms with Crippen molar-refractivity contribution >= 4 is 23.4 Å². The molecule has 0 spiro atoms. The zero-order valence-corrected chi connectivity index (χ0v) is 22.3. The highest BCUT2D eigenvalue weighted by molar-refractivity contribution is 6.31. The molecule has 5 nitrogen and oxygen atoms in total. The minimum Gasteiger partial charge on any atom is -0.345 e. The van der Waals surface area contributed by atoms with Crippen LogP contribution < -0.4 is 0 Å². The van der Waals surface area contributed by atoms with E-state index in [4.69, 9.17) is 11.6 Å². The summed E-state index contributed by atoms with van der Waals surface area (Å²) < 4.78 is 2.18. The fourth-order valence-electron chi connectivity index (χ4n) is 5.04. The summed E-state index contributed by atoms with van der Waals surface area (Å²) in [5.74, 6) is 0.161. The Morgan fingerprint density at radius 3 is 2.46 bits per heavy atom. The molecule has 1 fully saturated rings. The SMILES string of the molecule is CCCCCCC(=O)N(CC)CC(=O)N(Cc1cccn1Cc1ccccc1Cl)C1CCCCC1. The molecule has 192 valence electrons. The number of hydrogen-bond donors (Lipinski definition) is 0. The van der Waals surface area contributed by atoms with Crippen molar-refractivity contribution in [1.82, 2.24) is 14.4 Å². The molecule has 2 amide bonds. The van der Waals surface area contributed by atoms with Gasteiger partial charge in [-0.15, -0.1) is 0 Å². The van der Waals surface area contributed by atoms with Gasteiger partial charge >= 0.3 is 0 Å². The average Bonchev–Trinajstić information content (AvgIpc) is 3.31. The summed E-state index contributed by atoms with van der Waals surface area (Å²) in [6.45, 7) is 6.11. The number of aromatic nitrogens is 1. The lowest BCUT2D eigenvalue weighted by Gasteiger charge is -2.36. The molecule has 0 bridgehead atoms. The zero-order valence-electron chi connectivity index (χ0n) is 21.6. The van der Waals surface area contributed by atoms with Crippen molar-refractivity contribution in [2.24, 2.45) is 0 Å². The molecule has 1 saturated carbocycles. The van der Waals surface area contributed by atoms with Gasteiger partial charge in [0, 0.05) is 42.5 Å². The van der Waals surface area contributed by atoms with Crippen LogP contribution in [0.25, 0.3) is 0 Å². The molecule has 35 heavy (non-hydrogen) atoms. The first-order valence-electron chi connectivity index (χ1n) is 13.5. The zero-order chi connectivity index (χ0) is 25.0. The summed E-state index contributed by atoms with van der Waals surface area (Å²) >= 11 is 6.41. The molecule has 1 aliphatic carbocycles. The third kappa shape index (κ3) is 8.13. The van der Waals surface area contributed by atoms with Crippen LogP contribution >= 0.6 is 11.6 Å². The maximum absolute atomic E-state index is 13.6. The first-order valence-corrected chi connectivity index (χ1v) is 13.9. The van der Waals surface area contributed by atoms with Crippen LogP contribution in [0.2, 0.25) is 5.02 Å². The number of halogens is 1. The standard InChI is InChI=1S/C29H42ClN3O2/c1-3-5-6-10-19-28(34)31(4-2)23-29(35)33(25-15-8-7-9-16-25)22-26-17-13-20-32(26)21-24-14-11-12-18-27(24)30/h11-14,17-18,20,25H,3-10,15-16,19,21-23H2,1-2H3. The van der Waals surface area contributed by atoms with Gasteiger partial charge in [-0.3, -0.25) is 9.59 Å². The predicted molar refractivity (Wildman–Crippen MR) is 143 cm³/mol. The molecule has 0 unspecified atom stereocenters. The Morgan fingerprint density at radius 1 is 0.971 bits per heavy atom. The Morgan fingerprint density at radius 2 is 1.74 bits per heavy atom. The van der Waals surface area contributed by atoms with Gasteiger partial charge in [0.2, 0.25) is 11.8 Å². The maximum atomic E-state index is 13.6. The molecule has 0 saturated heterocycles. The van der Waals surface area contributed by atoms with Crippen LogP contribution in [-0.2, 0) is 22.7 Å². The minimum absolute atomic E-state index is 0.0613. The van der Waals surface area contributed by atoms with Gasteiger partial charge in [0.1, 0.15) is 0 Å². The Balaban J connectivity index is 1.71. The number of unbranched alkanes of at least 4 members (excludes halogenated alkanes) is 3. The number of nitrogens with zero attached hydrogens (tertiary/aromatic N) is 3. The van der Waals surface area contributed by atoms with Gasteiger partial charge in [-0.25, -0.2) is 0 Å². The number of hydrogen-bond acceptors (Lipinski definition) is 2. The first kappa shape index (κ1) is 27.3. The molecule has 0 radical (unpaired) electrons. The summed E-state index contributed by atoms with van der Waals surface area (Å²) in [7, 11) is 0. The monoisotopic (exact) mass is 499 g/mol. The Bertz CT molecular complexity index is 936. The van der Waals surface area contributed by atoms with E-state index in [2.05, 4.69) is 23.8 Å². The van der Waals surface area contributed by atoms with Crippen LogP contribution in [0, 0.1) is 0 Å². The number of rotatable bonds is 13. The quantitative estimate of drug-likeness (QED) is 0.289. The van der Waals surface area contributed by atoms with Gasteiger partial charge in [0.25, 0.3) is 0 Å². The molecule has 0 N–H and O–H groups in total. The second-order valence-electron chi connectivity index (χ2n) is 9.75. The highest BCUT2D eigenvalue weighted by atomic mass is 35.5. The Hall–Kier alpha value is -2.27. The molecule has 0 atom stereocenters. The number of carbonyl (C=O) groups excluding carboxylic acids is 2. The van der Waals surface area contributed by atoms with Gasteiger partial charge in [-0.2, -0.15) is 0 Å². The second-order valence-corrected chi connectivity index (χ2v) is 10.2. The summed E-state index contributed by atoms with van der Waals surface area (Å²) in [6.07, 6.45) is 12.5. The molecule has 1 aromatic carbocycles. The van der Waals surface area contributed by atoms with Crippen LogP contribution in [0.3, 0.4) is 0 Å². The molecule has 3 rings (SSSR count). The van der Waals surface area contributed by atoms with Crippen LogP contribution in [-0.4, -0.2) is 45.3 Å². The van der Waals surface area contributed by atoms with Gasteiger partial charge < -0.3 is 14.4 Å². The van der Waals surface area contributed by atoms with E-state index >= 15 is 0 Å². The molecular formula is C29H42ClN3O2. The van der Waals surface area contributed by atoms with Crippen LogP contribution in [0.15, 0.2) is 42.6 Å². The molecule has 1 aliphatic rings. The number of amides is 2. The minimum atomic E-state index is 0.0613. The topological polar surface area (TPSA) is 45.6 Å². The highest BCUT2D eigenvalue weighted by Crippen LogP contribution is 2.25. The average molecular weight is 500 g/mol. The van der Waals surface area contributed by atoms with E-state index in [9.17, 15) is 9.59 Å². The van der Waals surface area contributed by atoms with Crippen molar-refractivity contribution in [1.29, 1.82) is 0 Å². The predicted octanol–water partition coefficient (Wildman–Crippen LogP) is 6.67. The van der Waals surface area contributed by atoms with E-state index in [1.807, 2.05) is 42.2 Å². The lowest BCUT2D eigenvalue weighted by atomic mass is 9.94. The van der Waals surface area contributed by atoms with Gasteiger partial charge in [0.15, 0.2) is 0 Å². The van der Waals surface area contributed by atoms with Crippen LogP contribution in [0.1, 0.15) is 89.3 Å².